The molecule has 9 heteroatoms. The molecule has 0 aliphatic carbocycles. The Morgan fingerprint density at radius 3 is 2.22 bits per heavy atom. The lowest BCUT2D eigenvalue weighted by molar-refractivity contribution is 0.262. The number of rotatable bonds is 6. The maximum atomic E-state index is 13.1. The van der Waals surface area contributed by atoms with Gasteiger partial charge in [0.05, 0.1) is 24.8 Å². The van der Waals surface area contributed by atoms with Gasteiger partial charge in [-0.1, -0.05) is 24.3 Å². The van der Waals surface area contributed by atoms with Gasteiger partial charge in [-0.25, -0.2) is 13.2 Å². The first-order chi connectivity index (χ1) is 15.4. The van der Waals surface area contributed by atoms with E-state index in [0.29, 0.717) is 41.5 Å². The van der Waals surface area contributed by atoms with Gasteiger partial charge < -0.3 is 20.1 Å². The first-order valence-corrected chi connectivity index (χ1v) is 11.4. The molecule has 0 unspecified atom stereocenters. The van der Waals surface area contributed by atoms with Gasteiger partial charge >= 0.3 is 6.03 Å². The smallest absolute Gasteiger partial charge is 0.323 e. The summed E-state index contributed by atoms with van der Waals surface area (Å²) in [6.45, 7) is 0.355. The normalized spacial score (nSPS) is 12.8. The highest BCUT2D eigenvalue weighted by atomic mass is 32.2. The van der Waals surface area contributed by atoms with Gasteiger partial charge in [-0.15, -0.1) is 0 Å². The van der Waals surface area contributed by atoms with Crippen molar-refractivity contribution in [2.24, 2.45) is 0 Å². The van der Waals surface area contributed by atoms with E-state index in [-0.39, 0.29) is 4.90 Å². The van der Waals surface area contributed by atoms with Crippen LogP contribution in [0.4, 0.5) is 21.9 Å². The maximum Gasteiger partial charge on any atom is 0.323 e. The Bertz CT molecular complexity index is 1250. The lowest BCUT2D eigenvalue weighted by Crippen LogP contribution is -2.29. The van der Waals surface area contributed by atoms with Crippen molar-refractivity contribution in [3.63, 3.8) is 0 Å². The Balaban J connectivity index is 1.52. The standard InChI is InChI=1S/C23H23N3O5S/c1-30-21-11-10-18(15-22(21)31-2)25-23(27)24-17-9-8-16-12-13-26(20(16)14-17)32(28,29)19-6-4-3-5-7-19/h3-11,14-15H,12-13H2,1-2H3,(H2,24,25,27). The highest BCUT2D eigenvalue weighted by Gasteiger charge is 2.31. The molecular formula is C23H23N3O5S. The molecule has 1 aliphatic heterocycles. The molecule has 8 nitrogen and oxygen atoms in total. The average molecular weight is 454 g/mol. The number of anilines is 3. The van der Waals surface area contributed by atoms with Gasteiger partial charge in [0.2, 0.25) is 0 Å². The van der Waals surface area contributed by atoms with Crippen LogP contribution >= 0.6 is 0 Å². The highest BCUT2D eigenvalue weighted by Crippen LogP contribution is 2.35. The van der Waals surface area contributed by atoms with E-state index in [1.807, 2.05) is 6.07 Å². The molecule has 0 spiro atoms. The van der Waals surface area contributed by atoms with Crippen LogP contribution in [0.25, 0.3) is 0 Å². The SMILES string of the molecule is COc1ccc(NC(=O)Nc2ccc3c(c2)N(S(=O)(=O)c2ccccc2)CC3)cc1OC. The fourth-order valence-corrected chi connectivity index (χ4v) is 5.12. The predicted molar refractivity (Wildman–Crippen MR) is 123 cm³/mol. The van der Waals surface area contributed by atoms with Gasteiger partial charge in [0.1, 0.15) is 0 Å². The van der Waals surface area contributed by atoms with Crippen LogP contribution in [0.2, 0.25) is 0 Å². The Hall–Kier alpha value is -3.72. The summed E-state index contributed by atoms with van der Waals surface area (Å²) >= 11 is 0. The van der Waals surface area contributed by atoms with Crippen molar-refractivity contribution in [1.82, 2.24) is 0 Å². The molecule has 166 valence electrons. The summed E-state index contributed by atoms with van der Waals surface area (Å²) in [6, 6.07) is 18.1. The number of amides is 2. The number of sulfonamides is 1. The number of urea groups is 1. The van der Waals surface area contributed by atoms with Crippen LogP contribution in [-0.2, 0) is 16.4 Å². The average Bonchev–Trinajstić information content (AvgIpc) is 3.23. The van der Waals surface area contributed by atoms with Gasteiger partial charge in [-0.2, -0.15) is 0 Å². The van der Waals surface area contributed by atoms with Crippen molar-refractivity contribution in [3.8, 4) is 11.5 Å². The van der Waals surface area contributed by atoms with Crippen LogP contribution in [0, 0.1) is 0 Å². The van der Waals surface area contributed by atoms with Crippen molar-refractivity contribution in [2.45, 2.75) is 11.3 Å². The van der Waals surface area contributed by atoms with Crippen LogP contribution in [-0.4, -0.2) is 35.2 Å². The van der Waals surface area contributed by atoms with Gasteiger partial charge in [-0.3, -0.25) is 4.31 Å². The van der Waals surface area contributed by atoms with Crippen LogP contribution in [0.1, 0.15) is 5.56 Å². The highest BCUT2D eigenvalue weighted by molar-refractivity contribution is 7.92. The van der Waals surface area contributed by atoms with Crippen molar-refractivity contribution < 1.29 is 22.7 Å². The molecule has 2 amide bonds. The van der Waals surface area contributed by atoms with E-state index >= 15 is 0 Å². The van der Waals surface area contributed by atoms with Crippen molar-refractivity contribution in [2.75, 3.05) is 35.7 Å². The fourth-order valence-electron chi connectivity index (χ4n) is 3.60. The predicted octanol–water partition coefficient (Wildman–Crippen LogP) is 4.10. The number of fused-ring (bicyclic) bond motifs is 1. The number of nitrogens with one attached hydrogen (secondary N) is 2. The minimum atomic E-state index is -3.68. The number of methoxy groups -OCH3 is 2. The van der Waals surface area contributed by atoms with Gasteiger partial charge in [-0.05, 0) is 48.4 Å². The first-order valence-electron chi connectivity index (χ1n) is 9.93. The zero-order chi connectivity index (χ0) is 22.7. The minimum absolute atomic E-state index is 0.234. The summed E-state index contributed by atoms with van der Waals surface area (Å²) in [7, 11) is -0.631. The van der Waals surface area contributed by atoms with E-state index in [1.54, 1.807) is 60.7 Å². The molecule has 1 aliphatic rings. The summed E-state index contributed by atoms with van der Waals surface area (Å²) in [5.41, 5.74) is 2.49. The van der Waals surface area contributed by atoms with Crippen LogP contribution in [0.15, 0.2) is 71.6 Å². The number of carbonyl (C=O) groups excluding carboxylic acids is 1. The Labute approximate surface area is 186 Å². The molecule has 0 saturated carbocycles. The molecule has 4 rings (SSSR count). The lowest BCUT2D eigenvalue weighted by atomic mass is 10.1. The second kappa shape index (κ2) is 8.80. The van der Waals surface area contributed by atoms with Gasteiger partial charge in [0.15, 0.2) is 11.5 Å². The summed E-state index contributed by atoms with van der Waals surface area (Å²) in [5, 5.41) is 5.49. The van der Waals surface area contributed by atoms with Crippen molar-refractivity contribution in [3.05, 3.63) is 72.3 Å². The fraction of sp³-hybridized carbons (Fsp3) is 0.174. The minimum Gasteiger partial charge on any atom is -0.493 e. The third kappa shape index (κ3) is 4.19. The molecule has 3 aromatic rings. The number of carbonyl (C=O) groups is 1. The monoisotopic (exact) mass is 453 g/mol. The molecule has 0 radical (unpaired) electrons. The molecule has 1 heterocycles. The Morgan fingerprint density at radius 1 is 0.875 bits per heavy atom. The van der Waals surface area contributed by atoms with Crippen molar-refractivity contribution >= 4 is 33.1 Å². The molecule has 0 bridgehead atoms. The lowest BCUT2D eigenvalue weighted by Gasteiger charge is -2.20. The van der Waals surface area contributed by atoms with Gasteiger partial charge in [0.25, 0.3) is 10.0 Å². The van der Waals surface area contributed by atoms with Crippen LogP contribution in [0.5, 0.6) is 11.5 Å². The number of hydrogen-bond donors (Lipinski definition) is 2. The Kier molecular flexibility index (Phi) is 5.91. The summed E-state index contributed by atoms with van der Waals surface area (Å²) in [4.78, 5) is 12.7. The number of hydrogen-bond acceptors (Lipinski definition) is 5. The van der Waals surface area contributed by atoms with Crippen LogP contribution in [0.3, 0.4) is 0 Å². The molecule has 0 aromatic heterocycles. The first kappa shape index (κ1) is 21.5. The third-order valence-electron chi connectivity index (χ3n) is 5.17. The summed E-state index contributed by atoms with van der Waals surface area (Å²) < 4.78 is 38.0. The van der Waals surface area contributed by atoms with Gasteiger partial charge in [0, 0.05) is 24.0 Å². The quantitative estimate of drug-likeness (QED) is 0.586. The largest absolute Gasteiger partial charge is 0.493 e. The molecule has 0 fully saturated rings. The molecule has 3 aromatic carbocycles. The summed E-state index contributed by atoms with van der Waals surface area (Å²) in [6.07, 6.45) is 0.611. The number of benzene rings is 3. The Morgan fingerprint density at radius 2 is 1.53 bits per heavy atom. The summed E-state index contributed by atoms with van der Waals surface area (Å²) in [5.74, 6) is 1.04. The third-order valence-corrected chi connectivity index (χ3v) is 7.00. The zero-order valence-electron chi connectivity index (χ0n) is 17.7. The number of ether oxygens (including phenoxy) is 2. The molecular weight excluding hydrogens is 430 g/mol. The second-order valence-electron chi connectivity index (χ2n) is 7.13. The van der Waals surface area contributed by atoms with E-state index in [4.69, 9.17) is 9.47 Å². The maximum absolute atomic E-state index is 13.1. The molecule has 2 N–H and O–H groups in total. The van der Waals surface area contributed by atoms with E-state index in [0.717, 1.165) is 5.56 Å². The molecule has 0 saturated heterocycles. The second-order valence-corrected chi connectivity index (χ2v) is 8.99. The topological polar surface area (TPSA) is 97.0 Å². The number of nitrogens with zero attached hydrogens (tertiary/aromatic N) is 1. The van der Waals surface area contributed by atoms with E-state index in [9.17, 15) is 13.2 Å². The molecule has 0 atom stereocenters. The van der Waals surface area contributed by atoms with E-state index in [1.165, 1.54) is 18.5 Å². The van der Waals surface area contributed by atoms with E-state index in [2.05, 4.69) is 10.6 Å². The van der Waals surface area contributed by atoms with E-state index < -0.39 is 16.1 Å². The van der Waals surface area contributed by atoms with Crippen molar-refractivity contribution in [1.29, 1.82) is 0 Å². The zero-order valence-corrected chi connectivity index (χ0v) is 18.5. The molecule has 32 heavy (non-hydrogen) atoms. The van der Waals surface area contributed by atoms with Crippen LogP contribution < -0.4 is 24.4 Å².